The Bertz CT molecular complexity index is 1150. The molecular formula is C23H30N6O3. The van der Waals surface area contributed by atoms with Crippen molar-refractivity contribution in [2.75, 3.05) is 32.6 Å². The van der Waals surface area contributed by atoms with E-state index in [4.69, 9.17) is 14.4 Å². The van der Waals surface area contributed by atoms with Crippen molar-refractivity contribution in [3.05, 3.63) is 52.4 Å². The first-order valence-electron chi connectivity index (χ1n) is 11.0. The summed E-state index contributed by atoms with van der Waals surface area (Å²) in [4.78, 5) is 38.0. The molecular weight excluding hydrogens is 408 g/mol. The maximum Gasteiger partial charge on any atom is 0.419 e. The zero-order chi connectivity index (χ0) is 22.7. The Kier molecular flexibility index (Phi) is 6.55. The van der Waals surface area contributed by atoms with E-state index in [1.807, 2.05) is 43.3 Å². The van der Waals surface area contributed by atoms with Crippen LogP contribution in [0.4, 0.5) is 5.82 Å². The lowest BCUT2D eigenvalue weighted by Gasteiger charge is -2.25. The lowest BCUT2D eigenvalue weighted by atomic mass is 10.0. The van der Waals surface area contributed by atoms with Gasteiger partial charge in [0.25, 0.3) is 0 Å². The highest BCUT2D eigenvalue weighted by Crippen LogP contribution is 2.23. The molecule has 1 saturated heterocycles. The third-order valence-corrected chi connectivity index (χ3v) is 5.81. The van der Waals surface area contributed by atoms with Crippen LogP contribution < -0.4 is 16.0 Å². The summed E-state index contributed by atoms with van der Waals surface area (Å²) in [5.41, 5.74) is 2.02. The Morgan fingerprint density at radius 1 is 1.22 bits per heavy atom. The average molecular weight is 439 g/mol. The van der Waals surface area contributed by atoms with E-state index in [1.54, 1.807) is 18.0 Å². The molecule has 170 valence electrons. The lowest BCUT2D eigenvalue weighted by molar-refractivity contribution is -0.130. The van der Waals surface area contributed by atoms with E-state index < -0.39 is 5.76 Å². The van der Waals surface area contributed by atoms with E-state index in [2.05, 4.69) is 5.32 Å². The van der Waals surface area contributed by atoms with Crippen LogP contribution >= 0.6 is 0 Å². The van der Waals surface area contributed by atoms with Gasteiger partial charge in [0.1, 0.15) is 11.6 Å². The number of carbonyl (C=O) groups is 1. The van der Waals surface area contributed by atoms with Crippen LogP contribution in [0.3, 0.4) is 0 Å². The van der Waals surface area contributed by atoms with Crippen LogP contribution in [0.15, 0.2) is 39.5 Å². The molecule has 9 nitrogen and oxygen atoms in total. The number of aryl methyl sites for hydroxylation is 1. The summed E-state index contributed by atoms with van der Waals surface area (Å²) >= 11 is 0. The normalized spacial score (nSPS) is 16.3. The number of nitrogens with zero attached hydrogens (tertiary/aromatic N) is 5. The Morgan fingerprint density at radius 3 is 2.78 bits per heavy atom. The fourth-order valence-electron chi connectivity index (χ4n) is 4.00. The van der Waals surface area contributed by atoms with E-state index >= 15 is 0 Å². The SMILES string of the molecule is CN(Cc1cc(N(C)C)nc([C@H]2CCCCN2)n1)C(=O)CCn1c(=O)oc2ccccc21. The number of rotatable bonds is 7. The number of carbonyl (C=O) groups excluding carboxylic acids is 1. The number of oxazole rings is 1. The summed E-state index contributed by atoms with van der Waals surface area (Å²) in [5, 5.41) is 3.50. The fourth-order valence-corrected chi connectivity index (χ4v) is 4.00. The van der Waals surface area contributed by atoms with Gasteiger partial charge in [-0.3, -0.25) is 9.36 Å². The van der Waals surface area contributed by atoms with Gasteiger partial charge >= 0.3 is 5.76 Å². The monoisotopic (exact) mass is 438 g/mol. The Labute approximate surface area is 187 Å². The molecule has 0 bridgehead atoms. The topological polar surface area (TPSA) is 96.5 Å². The summed E-state index contributed by atoms with van der Waals surface area (Å²) in [6, 6.07) is 9.29. The molecule has 0 unspecified atom stereocenters. The molecule has 2 aromatic heterocycles. The van der Waals surface area contributed by atoms with E-state index in [0.29, 0.717) is 17.6 Å². The molecule has 3 aromatic rings. The first-order chi connectivity index (χ1) is 15.4. The van der Waals surface area contributed by atoms with E-state index in [0.717, 1.165) is 36.7 Å². The van der Waals surface area contributed by atoms with Crippen LogP contribution in [0.5, 0.6) is 0 Å². The third-order valence-electron chi connectivity index (χ3n) is 5.81. The molecule has 1 aliphatic rings. The first kappa shape index (κ1) is 22.0. The number of benzene rings is 1. The number of nitrogens with one attached hydrogen (secondary N) is 1. The molecule has 1 N–H and O–H groups in total. The number of aromatic nitrogens is 3. The number of anilines is 1. The van der Waals surface area contributed by atoms with Gasteiger partial charge in [-0.05, 0) is 31.5 Å². The van der Waals surface area contributed by atoms with Crippen LogP contribution in [-0.2, 0) is 17.9 Å². The van der Waals surface area contributed by atoms with Crippen LogP contribution in [0.2, 0.25) is 0 Å². The zero-order valence-corrected chi connectivity index (χ0v) is 18.9. The quantitative estimate of drug-likeness (QED) is 0.605. The van der Waals surface area contributed by atoms with E-state index in [-0.39, 0.29) is 24.9 Å². The number of fused-ring (bicyclic) bond motifs is 1. The van der Waals surface area contributed by atoms with Gasteiger partial charge < -0.3 is 19.5 Å². The standard InChI is InChI=1S/C23H30N6O3/c1-27(2)20-14-16(25-22(26-20)17-8-6-7-12-24-17)15-28(3)21(30)11-13-29-18-9-4-5-10-19(18)32-23(29)31/h4-5,9-10,14,17,24H,6-8,11-13,15H2,1-3H3/t17-/m1/s1. The Morgan fingerprint density at radius 2 is 2.03 bits per heavy atom. The van der Waals surface area contributed by atoms with Gasteiger partial charge in [0.2, 0.25) is 5.91 Å². The smallest absolute Gasteiger partial charge is 0.408 e. The molecule has 1 fully saturated rings. The van der Waals surface area contributed by atoms with Gasteiger partial charge in [0.15, 0.2) is 5.58 Å². The van der Waals surface area contributed by atoms with Crippen molar-refractivity contribution in [2.24, 2.45) is 0 Å². The molecule has 9 heteroatoms. The van der Waals surface area contributed by atoms with Crippen LogP contribution in [0, 0.1) is 0 Å². The summed E-state index contributed by atoms with van der Waals surface area (Å²) in [6.45, 7) is 1.61. The molecule has 1 aromatic carbocycles. The van der Waals surface area contributed by atoms with Crippen molar-refractivity contribution in [3.8, 4) is 0 Å². The van der Waals surface area contributed by atoms with Gasteiger partial charge in [-0.25, -0.2) is 14.8 Å². The number of amides is 1. The second kappa shape index (κ2) is 9.52. The van der Waals surface area contributed by atoms with Crippen molar-refractivity contribution < 1.29 is 9.21 Å². The largest absolute Gasteiger partial charge is 0.419 e. The molecule has 1 aliphatic heterocycles. The van der Waals surface area contributed by atoms with Gasteiger partial charge in [-0.15, -0.1) is 0 Å². The summed E-state index contributed by atoms with van der Waals surface area (Å²) < 4.78 is 6.75. The maximum absolute atomic E-state index is 12.8. The highest BCUT2D eigenvalue weighted by Gasteiger charge is 2.20. The summed E-state index contributed by atoms with van der Waals surface area (Å²) in [7, 11) is 5.66. The Balaban J connectivity index is 1.45. The van der Waals surface area contributed by atoms with E-state index in [9.17, 15) is 9.59 Å². The predicted octanol–water partition coefficient (Wildman–Crippen LogP) is 2.31. The minimum Gasteiger partial charge on any atom is -0.408 e. The van der Waals surface area contributed by atoms with Crippen molar-refractivity contribution in [1.82, 2.24) is 24.8 Å². The summed E-state index contributed by atoms with van der Waals surface area (Å²) in [5.74, 6) is 1.10. The number of hydrogen-bond donors (Lipinski definition) is 1. The molecule has 1 atom stereocenters. The highest BCUT2D eigenvalue weighted by atomic mass is 16.4. The lowest BCUT2D eigenvalue weighted by Crippen LogP contribution is -2.31. The molecule has 0 aliphatic carbocycles. The zero-order valence-electron chi connectivity index (χ0n) is 18.9. The number of para-hydroxylation sites is 2. The van der Waals surface area contributed by atoms with Gasteiger partial charge in [0, 0.05) is 40.2 Å². The third kappa shape index (κ3) is 4.83. The number of piperidine rings is 1. The molecule has 1 amide bonds. The Hall–Kier alpha value is -3.20. The minimum absolute atomic E-state index is 0.0652. The van der Waals surface area contributed by atoms with Crippen LogP contribution in [0.1, 0.15) is 43.2 Å². The van der Waals surface area contributed by atoms with Crippen LogP contribution in [0.25, 0.3) is 11.1 Å². The minimum atomic E-state index is -0.447. The van der Waals surface area contributed by atoms with Crippen molar-refractivity contribution >= 4 is 22.8 Å². The highest BCUT2D eigenvalue weighted by molar-refractivity contribution is 5.76. The van der Waals surface area contributed by atoms with Crippen molar-refractivity contribution in [1.29, 1.82) is 0 Å². The molecule has 0 saturated carbocycles. The van der Waals surface area contributed by atoms with Crippen molar-refractivity contribution in [3.63, 3.8) is 0 Å². The van der Waals surface area contributed by atoms with Crippen molar-refractivity contribution in [2.45, 2.75) is 44.8 Å². The fraction of sp³-hybridized carbons (Fsp3) is 0.478. The molecule has 0 spiro atoms. The second-order valence-corrected chi connectivity index (χ2v) is 8.46. The molecule has 0 radical (unpaired) electrons. The average Bonchev–Trinajstić information content (AvgIpc) is 3.12. The summed E-state index contributed by atoms with van der Waals surface area (Å²) in [6.07, 6.45) is 3.53. The maximum atomic E-state index is 12.8. The first-order valence-corrected chi connectivity index (χ1v) is 11.0. The van der Waals surface area contributed by atoms with Gasteiger partial charge in [-0.2, -0.15) is 0 Å². The second-order valence-electron chi connectivity index (χ2n) is 8.46. The molecule has 32 heavy (non-hydrogen) atoms. The van der Waals surface area contributed by atoms with Crippen LogP contribution in [-0.4, -0.2) is 53.0 Å². The number of hydrogen-bond acceptors (Lipinski definition) is 7. The van der Waals surface area contributed by atoms with Gasteiger partial charge in [-0.1, -0.05) is 18.6 Å². The molecule has 4 rings (SSSR count). The van der Waals surface area contributed by atoms with E-state index in [1.165, 1.54) is 11.0 Å². The molecule has 3 heterocycles. The van der Waals surface area contributed by atoms with Gasteiger partial charge in [0.05, 0.1) is 23.8 Å². The predicted molar refractivity (Wildman–Crippen MR) is 123 cm³/mol.